The molecule has 0 aromatic heterocycles. The highest BCUT2D eigenvalue weighted by Crippen LogP contribution is 2.19. The van der Waals surface area contributed by atoms with Crippen LogP contribution in [0.25, 0.3) is 0 Å². The number of benzene rings is 2. The SMILES string of the molecule is O=Cc1ccc(N2CCN(C(=O)CCOc3ccc([N+](=O)[O-])cc3)CC2)cc1. The van der Waals surface area contributed by atoms with E-state index < -0.39 is 4.92 Å². The predicted octanol–water partition coefficient (Wildman–Crippen LogP) is 2.53. The maximum absolute atomic E-state index is 12.4. The molecule has 3 rings (SSSR count). The van der Waals surface area contributed by atoms with E-state index in [1.165, 1.54) is 24.3 Å². The van der Waals surface area contributed by atoms with Crippen molar-refractivity contribution < 1.29 is 19.2 Å². The van der Waals surface area contributed by atoms with Crippen LogP contribution in [0.4, 0.5) is 11.4 Å². The van der Waals surface area contributed by atoms with Crippen molar-refractivity contribution in [1.29, 1.82) is 0 Å². The van der Waals surface area contributed by atoms with E-state index in [1.54, 1.807) is 12.1 Å². The van der Waals surface area contributed by atoms with Gasteiger partial charge in [-0.2, -0.15) is 0 Å². The maximum atomic E-state index is 12.4. The van der Waals surface area contributed by atoms with Crippen molar-refractivity contribution in [3.05, 3.63) is 64.2 Å². The molecule has 8 heteroatoms. The van der Waals surface area contributed by atoms with Gasteiger partial charge in [0.1, 0.15) is 12.0 Å². The van der Waals surface area contributed by atoms with E-state index >= 15 is 0 Å². The lowest BCUT2D eigenvalue weighted by Crippen LogP contribution is -2.49. The number of anilines is 1. The minimum Gasteiger partial charge on any atom is -0.493 e. The van der Waals surface area contributed by atoms with Crippen molar-refractivity contribution >= 4 is 23.6 Å². The van der Waals surface area contributed by atoms with Gasteiger partial charge in [-0.3, -0.25) is 19.7 Å². The number of hydrogen-bond donors (Lipinski definition) is 0. The quantitative estimate of drug-likeness (QED) is 0.414. The van der Waals surface area contributed by atoms with Gasteiger partial charge in [0.05, 0.1) is 18.0 Å². The van der Waals surface area contributed by atoms with Crippen LogP contribution in [0.15, 0.2) is 48.5 Å². The molecule has 28 heavy (non-hydrogen) atoms. The number of amides is 1. The first-order valence-corrected chi connectivity index (χ1v) is 9.02. The van der Waals surface area contributed by atoms with Gasteiger partial charge in [-0.15, -0.1) is 0 Å². The van der Waals surface area contributed by atoms with Crippen LogP contribution < -0.4 is 9.64 Å². The summed E-state index contributed by atoms with van der Waals surface area (Å²) in [6.45, 7) is 2.95. The summed E-state index contributed by atoms with van der Waals surface area (Å²) in [7, 11) is 0. The predicted molar refractivity (Wildman–Crippen MR) is 104 cm³/mol. The number of nitro groups is 1. The summed E-state index contributed by atoms with van der Waals surface area (Å²) < 4.78 is 5.51. The number of nitrogens with zero attached hydrogens (tertiary/aromatic N) is 3. The molecule has 2 aromatic carbocycles. The van der Waals surface area contributed by atoms with Gasteiger partial charge in [0.15, 0.2) is 0 Å². The van der Waals surface area contributed by atoms with E-state index in [-0.39, 0.29) is 24.6 Å². The van der Waals surface area contributed by atoms with Crippen LogP contribution in [0, 0.1) is 10.1 Å². The molecule has 1 aliphatic rings. The van der Waals surface area contributed by atoms with Gasteiger partial charge in [-0.25, -0.2) is 0 Å². The third kappa shape index (κ3) is 4.85. The Balaban J connectivity index is 1.42. The molecule has 0 radical (unpaired) electrons. The number of carbonyl (C=O) groups is 2. The molecule has 1 saturated heterocycles. The maximum Gasteiger partial charge on any atom is 0.269 e. The third-order valence-electron chi connectivity index (χ3n) is 4.66. The van der Waals surface area contributed by atoms with Gasteiger partial charge in [0.2, 0.25) is 5.91 Å². The molecule has 0 saturated carbocycles. The second-order valence-corrected chi connectivity index (χ2v) is 6.43. The fourth-order valence-corrected chi connectivity index (χ4v) is 3.06. The lowest BCUT2D eigenvalue weighted by atomic mass is 10.2. The van der Waals surface area contributed by atoms with Crippen LogP contribution in [0.1, 0.15) is 16.8 Å². The van der Waals surface area contributed by atoms with Gasteiger partial charge >= 0.3 is 0 Å². The number of aldehydes is 1. The molecule has 146 valence electrons. The summed E-state index contributed by atoms with van der Waals surface area (Å²) in [5.74, 6) is 0.528. The smallest absolute Gasteiger partial charge is 0.269 e. The standard InChI is InChI=1S/C20H21N3O5/c24-15-16-1-3-17(4-2-16)21-10-12-22(13-11-21)20(25)9-14-28-19-7-5-18(6-8-19)23(26)27/h1-8,15H,9-14H2. The highest BCUT2D eigenvalue weighted by Gasteiger charge is 2.21. The average molecular weight is 383 g/mol. The fraction of sp³-hybridized carbons (Fsp3) is 0.300. The van der Waals surface area contributed by atoms with E-state index in [0.717, 1.165) is 25.1 Å². The third-order valence-corrected chi connectivity index (χ3v) is 4.66. The summed E-state index contributed by atoms with van der Waals surface area (Å²) in [5, 5.41) is 10.6. The molecule has 0 atom stereocenters. The van der Waals surface area contributed by atoms with E-state index in [9.17, 15) is 19.7 Å². The molecule has 1 aliphatic heterocycles. The van der Waals surface area contributed by atoms with Crippen LogP contribution in [-0.2, 0) is 4.79 Å². The second kappa shape index (κ2) is 8.98. The molecule has 2 aromatic rings. The summed E-state index contributed by atoms with van der Waals surface area (Å²) in [6.07, 6.45) is 1.07. The zero-order valence-corrected chi connectivity index (χ0v) is 15.3. The molecule has 0 spiro atoms. The van der Waals surface area contributed by atoms with Crippen LogP contribution >= 0.6 is 0 Å². The van der Waals surface area contributed by atoms with Gasteiger partial charge in [-0.1, -0.05) is 0 Å². The molecular formula is C20H21N3O5. The Morgan fingerprint density at radius 1 is 1.04 bits per heavy atom. The Kier molecular flexibility index (Phi) is 6.21. The highest BCUT2D eigenvalue weighted by atomic mass is 16.6. The Hall–Kier alpha value is -3.42. The van der Waals surface area contributed by atoms with Crippen LogP contribution in [0.5, 0.6) is 5.75 Å². The van der Waals surface area contributed by atoms with Crippen molar-refractivity contribution in [3.63, 3.8) is 0 Å². The molecule has 8 nitrogen and oxygen atoms in total. The zero-order valence-electron chi connectivity index (χ0n) is 15.3. The largest absolute Gasteiger partial charge is 0.493 e. The summed E-state index contributed by atoms with van der Waals surface area (Å²) >= 11 is 0. The van der Waals surface area contributed by atoms with Crippen molar-refractivity contribution in [1.82, 2.24) is 4.90 Å². The van der Waals surface area contributed by atoms with E-state index in [4.69, 9.17) is 4.74 Å². The van der Waals surface area contributed by atoms with Gasteiger partial charge in [0.25, 0.3) is 5.69 Å². The highest BCUT2D eigenvalue weighted by molar-refractivity contribution is 5.77. The van der Waals surface area contributed by atoms with Gasteiger partial charge in [0, 0.05) is 49.6 Å². The first-order valence-electron chi connectivity index (χ1n) is 9.02. The summed E-state index contributed by atoms with van der Waals surface area (Å²) in [6, 6.07) is 13.2. The molecule has 1 amide bonds. The average Bonchev–Trinajstić information content (AvgIpc) is 2.74. The van der Waals surface area contributed by atoms with E-state index in [1.807, 2.05) is 17.0 Å². The first-order chi connectivity index (χ1) is 13.6. The molecule has 1 heterocycles. The number of non-ortho nitro benzene ring substituents is 1. The Morgan fingerprint density at radius 3 is 2.25 bits per heavy atom. The van der Waals surface area contributed by atoms with Crippen LogP contribution in [0.2, 0.25) is 0 Å². The van der Waals surface area contributed by atoms with Gasteiger partial charge in [-0.05, 0) is 36.4 Å². The lowest BCUT2D eigenvalue weighted by molar-refractivity contribution is -0.384. The van der Waals surface area contributed by atoms with Crippen molar-refractivity contribution in [2.45, 2.75) is 6.42 Å². The van der Waals surface area contributed by atoms with Crippen LogP contribution in [-0.4, -0.2) is 54.8 Å². The van der Waals surface area contributed by atoms with Gasteiger partial charge < -0.3 is 14.5 Å². The Bertz CT molecular complexity index is 828. The molecule has 0 unspecified atom stereocenters. The van der Waals surface area contributed by atoms with Crippen LogP contribution in [0.3, 0.4) is 0 Å². The zero-order chi connectivity index (χ0) is 19.9. The van der Waals surface area contributed by atoms with E-state index in [0.29, 0.717) is 24.4 Å². The molecule has 0 aliphatic carbocycles. The second-order valence-electron chi connectivity index (χ2n) is 6.43. The number of piperazine rings is 1. The molecule has 1 fully saturated rings. The fourth-order valence-electron chi connectivity index (χ4n) is 3.06. The monoisotopic (exact) mass is 383 g/mol. The summed E-state index contributed by atoms with van der Waals surface area (Å²) in [4.78, 5) is 37.3. The topological polar surface area (TPSA) is 93.0 Å². The molecule has 0 N–H and O–H groups in total. The lowest BCUT2D eigenvalue weighted by Gasteiger charge is -2.36. The number of rotatable bonds is 7. The number of nitro benzene ring substituents is 1. The number of ether oxygens (including phenoxy) is 1. The normalized spacial score (nSPS) is 13.9. The minimum absolute atomic E-state index is 0.00194. The van der Waals surface area contributed by atoms with Crippen molar-refractivity contribution in [2.24, 2.45) is 0 Å². The summed E-state index contributed by atoms with van der Waals surface area (Å²) in [5.41, 5.74) is 1.69. The van der Waals surface area contributed by atoms with E-state index in [2.05, 4.69) is 4.90 Å². The number of hydrogen-bond acceptors (Lipinski definition) is 6. The van der Waals surface area contributed by atoms with Crippen molar-refractivity contribution in [2.75, 3.05) is 37.7 Å². The minimum atomic E-state index is -0.469. The molecular weight excluding hydrogens is 362 g/mol. The molecule has 0 bridgehead atoms. The first kappa shape index (κ1) is 19.3. The Labute approximate surface area is 162 Å². The Morgan fingerprint density at radius 2 is 1.68 bits per heavy atom. The van der Waals surface area contributed by atoms with Crippen molar-refractivity contribution in [3.8, 4) is 5.75 Å². The number of carbonyl (C=O) groups excluding carboxylic acids is 2.